The van der Waals surface area contributed by atoms with Crippen LogP contribution in [0, 0.1) is 17.8 Å². The minimum atomic E-state index is -1.78. The van der Waals surface area contributed by atoms with Crippen molar-refractivity contribution in [1.82, 2.24) is 0 Å². The highest BCUT2D eigenvalue weighted by Gasteiger charge is 2.42. The summed E-state index contributed by atoms with van der Waals surface area (Å²) in [6.07, 6.45) is 12.0. The molecule has 0 bridgehead atoms. The van der Waals surface area contributed by atoms with E-state index >= 15 is 0 Å². The highest BCUT2D eigenvalue weighted by molar-refractivity contribution is 5.83. The molecule has 6 heteroatoms. The Morgan fingerprint density at radius 3 is 2.68 bits per heavy atom. The standard InChI is InChI=1S/C22H36O6/c1-2-3-13-22(27,17-10-11-17)14-6-7-16-9-12-19(23)18(16)8-4-5-15-28-21(26)20(24)25/h6-7,16-18,21,26-27H,2-5,8-15H2,1H3,(H,24,25)/t16-,18+,21?,22?/m0/s1. The van der Waals surface area contributed by atoms with Gasteiger partial charge in [0, 0.05) is 12.3 Å². The third-order valence-electron chi connectivity index (χ3n) is 6.21. The van der Waals surface area contributed by atoms with Crippen LogP contribution in [-0.4, -0.2) is 45.6 Å². The van der Waals surface area contributed by atoms with E-state index < -0.39 is 17.9 Å². The molecule has 0 radical (unpaired) electrons. The summed E-state index contributed by atoms with van der Waals surface area (Å²) in [5.74, 6) is -0.422. The second kappa shape index (κ2) is 11.1. The molecule has 0 aromatic heterocycles. The molecule has 2 unspecified atom stereocenters. The zero-order valence-corrected chi connectivity index (χ0v) is 17.0. The predicted octanol–water partition coefficient (Wildman–Crippen LogP) is 3.45. The number of ether oxygens (including phenoxy) is 1. The van der Waals surface area contributed by atoms with Gasteiger partial charge in [-0.15, -0.1) is 0 Å². The number of carboxylic acids is 1. The molecule has 2 fully saturated rings. The van der Waals surface area contributed by atoms with Crippen LogP contribution in [0.15, 0.2) is 12.2 Å². The normalized spacial score (nSPS) is 25.9. The van der Waals surface area contributed by atoms with E-state index in [9.17, 15) is 14.7 Å². The van der Waals surface area contributed by atoms with Crippen molar-refractivity contribution in [3.63, 3.8) is 0 Å². The van der Waals surface area contributed by atoms with E-state index in [4.69, 9.17) is 14.9 Å². The van der Waals surface area contributed by atoms with Gasteiger partial charge >= 0.3 is 5.97 Å². The van der Waals surface area contributed by atoms with Gasteiger partial charge in [0.25, 0.3) is 6.29 Å². The highest BCUT2D eigenvalue weighted by atomic mass is 16.6. The van der Waals surface area contributed by atoms with Crippen LogP contribution in [0.1, 0.15) is 77.6 Å². The van der Waals surface area contributed by atoms with Gasteiger partial charge in [0.2, 0.25) is 0 Å². The molecule has 4 atom stereocenters. The monoisotopic (exact) mass is 396 g/mol. The van der Waals surface area contributed by atoms with E-state index in [1.807, 2.05) is 0 Å². The molecule has 2 rings (SSSR count). The average molecular weight is 397 g/mol. The Hall–Kier alpha value is -1.24. The maximum atomic E-state index is 12.2. The Morgan fingerprint density at radius 2 is 2.04 bits per heavy atom. The Balaban J connectivity index is 1.76. The van der Waals surface area contributed by atoms with Crippen LogP contribution in [0.5, 0.6) is 0 Å². The third kappa shape index (κ3) is 6.98. The number of ketones is 1. The SMILES string of the molecule is CCCCC(O)(CC=C[C@H]1CCC(=O)[C@@H]1CCCCOC(O)C(=O)O)C1CC1. The van der Waals surface area contributed by atoms with E-state index in [0.717, 1.165) is 51.4 Å². The fourth-order valence-electron chi connectivity index (χ4n) is 4.30. The summed E-state index contributed by atoms with van der Waals surface area (Å²) >= 11 is 0. The molecule has 2 aliphatic rings. The van der Waals surface area contributed by atoms with E-state index in [2.05, 4.69) is 19.1 Å². The number of aliphatic hydroxyl groups excluding tert-OH is 1. The number of aliphatic hydroxyl groups is 2. The first-order valence-electron chi connectivity index (χ1n) is 10.8. The molecule has 0 heterocycles. The summed E-state index contributed by atoms with van der Waals surface area (Å²) in [6, 6.07) is 0. The highest BCUT2D eigenvalue weighted by Crippen LogP contribution is 2.44. The van der Waals surface area contributed by atoms with Crippen LogP contribution in [-0.2, 0) is 14.3 Å². The van der Waals surface area contributed by atoms with Crippen LogP contribution >= 0.6 is 0 Å². The van der Waals surface area contributed by atoms with Gasteiger partial charge in [-0.25, -0.2) is 4.79 Å². The molecule has 0 saturated heterocycles. The van der Waals surface area contributed by atoms with E-state index in [1.165, 1.54) is 0 Å². The van der Waals surface area contributed by atoms with Crippen molar-refractivity contribution in [2.45, 2.75) is 89.4 Å². The molecule has 0 spiro atoms. The van der Waals surface area contributed by atoms with Crippen molar-refractivity contribution in [3.8, 4) is 0 Å². The summed E-state index contributed by atoms with van der Waals surface area (Å²) in [7, 11) is 0. The minimum absolute atomic E-state index is 0.00491. The third-order valence-corrected chi connectivity index (χ3v) is 6.21. The lowest BCUT2D eigenvalue weighted by Crippen LogP contribution is -2.30. The van der Waals surface area contributed by atoms with Gasteiger partial charge in [-0.1, -0.05) is 38.3 Å². The molecule has 2 aliphatic carbocycles. The van der Waals surface area contributed by atoms with E-state index in [0.29, 0.717) is 31.0 Å². The summed E-state index contributed by atoms with van der Waals surface area (Å²) in [5.41, 5.74) is -0.576. The van der Waals surface area contributed by atoms with Crippen LogP contribution in [0.2, 0.25) is 0 Å². The summed E-state index contributed by atoms with van der Waals surface area (Å²) < 4.78 is 4.81. The lowest BCUT2D eigenvalue weighted by Gasteiger charge is -2.27. The number of Topliss-reactive ketones (excluding diaryl/α,β-unsaturated/α-hetero) is 1. The molecule has 28 heavy (non-hydrogen) atoms. The number of unbranched alkanes of at least 4 members (excludes halogenated alkanes) is 2. The van der Waals surface area contributed by atoms with Crippen molar-refractivity contribution in [2.24, 2.45) is 17.8 Å². The molecule has 0 aliphatic heterocycles. The molecule has 0 aromatic carbocycles. The molecular weight excluding hydrogens is 360 g/mol. The number of allylic oxidation sites excluding steroid dienone is 1. The molecule has 0 amide bonds. The lowest BCUT2D eigenvalue weighted by atomic mass is 9.86. The van der Waals surface area contributed by atoms with Gasteiger partial charge in [-0.2, -0.15) is 0 Å². The number of carbonyl (C=O) groups is 2. The lowest BCUT2D eigenvalue weighted by molar-refractivity contribution is -0.176. The van der Waals surface area contributed by atoms with Gasteiger partial charge in [0.15, 0.2) is 0 Å². The largest absolute Gasteiger partial charge is 0.477 e. The molecule has 2 saturated carbocycles. The summed E-state index contributed by atoms with van der Waals surface area (Å²) in [4.78, 5) is 22.7. The number of hydrogen-bond donors (Lipinski definition) is 3. The first kappa shape index (κ1) is 23.0. The fourth-order valence-corrected chi connectivity index (χ4v) is 4.30. The summed E-state index contributed by atoms with van der Waals surface area (Å²) in [5, 5.41) is 28.6. The Labute approximate surface area is 168 Å². The second-order valence-corrected chi connectivity index (χ2v) is 8.45. The van der Waals surface area contributed by atoms with Crippen molar-refractivity contribution < 1.29 is 29.6 Å². The maximum absolute atomic E-state index is 12.2. The first-order chi connectivity index (χ1) is 13.4. The molecule has 160 valence electrons. The van der Waals surface area contributed by atoms with Gasteiger partial charge in [0.1, 0.15) is 5.78 Å². The molecular formula is C22H36O6. The van der Waals surface area contributed by atoms with Crippen molar-refractivity contribution >= 4 is 11.8 Å². The number of hydrogen-bond acceptors (Lipinski definition) is 5. The van der Waals surface area contributed by atoms with E-state index in [-0.39, 0.29) is 18.4 Å². The van der Waals surface area contributed by atoms with Gasteiger partial charge in [-0.3, -0.25) is 4.79 Å². The van der Waals surface area contributed by atoms with Crippen molar-refractivity contribution in [1.29, 1.82) is 0 Å². The van der Waals surface area contributed by atoms with Crippen LogP contribution < -0.4 is 0 Å². The summed E-state index contributed by atoms with van der Waals surface area (Å²) in [6.45, 7) is 2.31. The van der Waals surface area contributed by atoms with Crippen LogP contribution in [0.25, 0.3) is 0 Å². The zero-order chi connectivity index (χ0) is 20.6. The average Bonchev–Trinajstić information content (AvgIpc) is 3.46. The topological polar surface area (TPSA) is 104 Å². The van der Waals surface area contributed by atoms with Gasteiger partial charge in [0.05, 0.1) is 12.2 Å². The molecule has 0 aromatic rings. The number of aliphatic carboxylic acids is 1. The number of rotatable bonds is 14. The van der Waals surface area contributed by atoms with E-state index in [1.54, 1.807) is 0 Å². The Kier molecular flexibility index (Phi) is 9.12. The quantitative estimate of drug-likeness (QED) is 0.236. The Morgan fingerprint density at radius 1 is 1.29 bits per heavy atom. The van der Waals surface area contributed by atoms with Crippen molar-refractivity contribution in [3.05, 3.63) is 12.2 Å². The van der Waals surface area contributed by atoms with Crippen LogP contribution in [0.3, 0.4) is 0 Å². The number of carbonyl (C=O) groups excluding carboxylic acids is 1. The van der Waals surface area contributed by atoms with Crippen molar-refractivity contribution in [2.75, 3.05) is 6.61 Å². The fraction of sp³-hybridized carbons (Fsp3) is 0.818. The maximum Gasteiger partial charge on any atom is 0.360 e. The smallest absolute Gasteiger partial charge is 0.360 e. The van der Waals surface area contributed by atoms with Crippen LogP contribution in [0.4, 0.5) is 0 Å². The zero-order valence-electron chi connectivity index (χ0n) is 17.0. The molecule has 6 nitrogen and oxygen atoms in total. The Bertz CT molecular complexity index is 541. The number of carboxylic acid groups (broad SMARTS) is 1. The first-order valence-corrected chi connectivity index (χ1v) is 10.8. The minimum Gasteiger partial charge on any atom is -0.477 e. The molecule has 3 N–H and O–H groups in total. The second-order valence-electron chi connectivity index (χ2n) is 8.45. The predicted molar refractivity (Wildman–Crippen MR) is 106 cm³/mol. The van der Waals surface area contributed by atoms with Gasteiger partial charge < -0.3 is 20.1 Å². The van der Waals surface area contributed by atoms with Gasteiger partial charge in [-0.05, 0) is 56.8 Å².